The summed E-state index contributed by atoms with van der Waals surface area (Å²) in [6, 6.07) is 15.3. The maximum atomic E-state index is 14.6. The molecule has 1 aromatic heterocycles. The molecule has 7 heteroatoms. The molecule has 0 fully saturated rings. The first kappa shape index (κ1) is 17.0. The van der Waals surface area contributed by atoms with Gasteiger partial charge in [0.25, 0.3) is 5.91 Å². The molecule has 2 aromatic carbocycles. The summed E-state index contributed by atoms with van der Waals surface area (Å²) >= 11 is 0. The number of nitrogens with one attached hydrogen (secondary N) is 2. The van der Waals surface area contributed by atoms with E-state index in [4.69, 9.17) is 0 Å². The topological polar surface area (TPSA) is 71.8 Å². The van der Waals surface area contributed by atoms with Crippen molar-refractivity contribution in [2.45, 2.75) is 19.5 Å². The third-order valence-electron chi connectivity index (χ3n) is 4.53. The van der Waals surface area contributed by atoms with E-state index in [1.165, 1.54) is 17.1 Å². The van der Waals surface area contributed by atoms with Gasteiger partial charge in [-0.05, 0) is 18.6 Å². The van der Waals surface area contributed by atoms with Gasteiger partial charge >= 0.3 is 0 Å². The van der Waals surface area contributed by atoms with E-state index >= 15 is 0 Å². The van der Waals surface area contributed by atoms with Gasteiger partial charge in [-0.15, -0.1) is 0 Å². The first-order valence-electron chi connectivity index (χ1n) is 8.59. The summed E-state index contributed by atoms with van der Waals surface area (Å²) in [6.45, 7) is 2.16. The number of nitrogens with zero attached hydrogens (tertiary/aromatic N) is 3. The van der Waals surface area contributed by atoms with Crippen molar-refractivity contribution in [2.24, 2.45) is 0 Å². The number of amides is 1. The Kier molecular flexibility index (Phi) is 4.42. The van der Waals surface area contributed by atoms with Crippen LogP contribution in [0.1, 0.15) is 24.1 Å². The number of hydrogen-bond acceptors (Lipinski definition) is 4. The molecule has 0 unspecified atom stereocenters. The Labute approximate surface area is 155 Å². The highest BCUT2D eigenvalue weighted by atomic mass is 19.1. The van der Waals surface area contributed by atoms with E-state index in [2.05, 4.69) is 20.7 Å². The summed E-state index contributed by atoms with van der Waals surface area (Å²) in [7, 11) is 0. The van der Waals surface area contributed by atoms with Gasteiger partial charge in [0.2, 0.25) is 5.95 Å². The number of carbonyl (C=O) groups excluding carboxylic acids is 1. The van der Waals surface area contributed by atoms with E-state index in [0.29, 0.717) is 29.3 Å². The molecule has 0 radical (unpaired) electrons. The molecule has 1 aliphatic rings. The molecule has 3 aromatic rings. The van der Waals surface area contributed by atoms with E-state index in [9.17, 15) is 9.18 Å². The Morgan fingerprint density at radius 1 is 1.19 bits per heavy atom. The SMILES string of the molecule is CC1=C(C(=O)NCc2ccccc2)[C@H](c2ccccc2F)n2ncnc2N1. The quantitative estimate of drug-likeness (QED) is 0.747. The Balaban J connectivity index is 1.70. The van der Waals surface area contributed by atoms with Crippen molar-refractivity contribution >= 4 is 11.9 Å². The third-order valence-corrected chi connectivity index (χ3v) is 4.53. The molecule has 0 spiro atoms. The van der Waals surface area contributed by atoms with Crippen LogP contribution in [0.25, 0.3) is 0 Å². The van der Waals surface area contributed by atoms with Gasteiger partial charge in [-0.25, -0.2) is 9.07 Å². The zero-order chi connectivity index (χ0) is 18.8. The number of aromatic nitrogens is 3. The van der Waals surface area contributed by atoms with E-state index in [1.54, 1.807) is 25.1 Å². The Morgan fingerprint density at radius 3 is 2.70 bits per heavy atom. The molecule has 27 heavy (non-hydrogen) atoms. The van der Waals surface area contributed by atoms with Crippen LogP contribution >= 0.6 is 0 Å². The highest BCUT2D eigenvalue weighted by Gasteiger charge is 2.34. The minimum absolute atomic E-state index is 0.279. The first-order chi connectivity index (χ1) is 13.1. The van der Waals surface area contributed by atoms with Gasteiger partial charge < -0.3 is 10.6 Å². The Morgan fingerprint density at radius 2 is 1.93 bits per heavy atom. The Hall–Kier alpha value is -3.48. The van der Waals surface area contributed by atoms with Crippen molar-refractivity contribution in [1.29, 1.82) is 0 Å². The number of anilines is 1. The molecule has 0 saturated carbocycles. The number of allylic oxidation sites excluding steroid dienone is 1. The van der Waals surface area contributed by atoms with Crippen LogP contribution in [0.2, 0.25) is 0 Å². The minimum atomic E-state index is -0.694. The fourth-order valence-electron chi connectivity index (χ4n) is 3.24. The minimum Gasteiger partial charge on any atom is -0.348 e. The maximum Gasteiger partial charge on any atom is 0.251 e. The van der Waals surface area contributed by atoms with Crippen molar-refractivity contribution in [2.75, 3.05) is 5.32 Å². The van der Waals surface area contributed by atoms with Gasteiger partial charge in [0, 0.05) is 17.8 Å². The number of carbonyl (C=O) groups is 1. The molecule has 2 N–H and O–H groups in total. The van der Waals surface area contributed by atoms with Gasteiger partial charge in [-0.2, -0.15) is 10.1 Å². The lowest BCUT2D eigenvalue weighted by atomic mass is 9.94. The second-order valence-electron chi connectivity index (χ2n) is 6.28. The standard InChI is InChI=1S/C20H18FN5O/c1-13-17(19(27)22-11-14-7-3-2-4-8-14)18(15-9-5-6-10-16(15)21)26-20(25-13)23-12-24-26/h2-10,12,18H,11H2,1H3,(H,22,27)(H,23,24,25)/t18-/m0/s1. The summed E-state index contributed by atoms with van der Waals surface area (Å²) in [5.74, 6) is -0.203. The molecule has 0 saturated heterocycles. The van der Waals surface area contributed by atoms with E-state index in [0.717, 1.165) is 5.56 Å². The third kappa shape index (κ3) is 3.19. The summed E-state index contributed by atoms with van der Waals surface area (Å²) < 4.78 is 16.1. The van der Waals surface area contributed by atoms with E-state index in [-0.39, 0.29) is 5.91 Å². The molecule has 0 aliphatic carbocycles. The predicted molar refractivity (Wildman–Crippen MR) is 99.2 cm³/mol. The zero-order valence-corrected chi connectivity index (χ0v) is 14.7. The van der Waals surface area contributed by atoms with Crippen LogP contribution in [0, 0.1) is 5.82 Å². The van der Waals surface area contributed by atoms with E-state index < -0.39 is 11.9 Å². The van der Waals surface area contributed by atoms with Crippen LogP contribution < -0.4 is 10.6 Å². The molecular formula is C20H18FN5O. The predicted octanol–water partition coefficient (Wildman–Crippen LogP) is 3.02. The number of rotatable bonds is 4. The van der Waals surface area contributed by atoms with Crippen LogP contribution in [0.3, 0.4) is 0 Å². The lowest BCUT2D eigenvalue weighted by Crippen LogP contribution is -2.35. The van der Waals surface area contributed by atoms with Gasteiger partial charge in [-0.1, -0.05) is 48.5 Å². The fraction of sp³-hybridized carbons (Fsp3) is 0.150. The van der Waals surface area contributed by atoms with Crippen LogP contribution in [0.4, 0.5) is 10.3 Å². The largest absolute Gasteiger partial charge is 0.348 e. The highest BCUT2D eigenvalue weighted by molar-refractivity contribution is 5.96. The monoisotopic (exact) mass is 363 g/mol. The van der Waals surface area contributed by atoms with Gasteiger partial charge in [-0.3, -0.25) is 4.79 Å². The van der Waals surface area contributed by atoms with Crippen molar-refractivity contribution < 1.29 is 9.18 Å². The first-order valence-corrected chi connectivity index (χ1v) is 8.59. The lowest BCUT2D eigenvalue weighted by molar-refractivity contribution is -0.118. The zero-order valence-electron chi connectivity index (χ0n) is 14.7. The fourth-order valence-corrected chi connectivity index (χ4v) is 3.24. The van der Waals surface area contributed by atoms with Gasteiger partial charge in [0.1, 0.15) is 18.2 Å². The molecule has 136 valence electrons. The molecule has 0 bridgehead atoms. The summed E-state index contributed by atoms with van der Waals surface area (Å²) in [5.41, 5.74) is 2.38. The van der Waals surface area contributed by atoms with Gasteiger partial charge in [0.05, 0.1) is 5.57 Å². The normalized spacial score (nSPS) is 15.9. The van der Waals surface area contributed by atoms with Crippen LogP contribution in [-0.2, 0) is 11.3 Å². The molecule has 6 nitrogen and oxygen atoms in total. The number of halogens is 1. The summed E-state index contributed by atoms with van der Waals surface area (Å²) in [6.07, 6.45) is 1.38. The smallest absolute Gasteiger partial charge is 0.251 e. The average molecular weight is 363 g/mol. The van der Waals surface area contributed by atoms with Crippen LogP contribution in [0.5, 0.6) is 0 Å². The summed E-state index contributed by atoms with van der Waals surface area (Å²) in [5, 5.41) is 10.2. The van der Waals surface area contributed by atoms with E-state index in [1.807, 2.05) is 30.3 Å². The van der Waals surface area contributed by atoms with Crippen molar-refractivity contribution in [1.82, 2.24) is 20.1 Å². The molecular weight excluding hydrogens is 345 g/mol. The Bertz CT molecular complexity index is 1010. The molecule has 1 amide bonds. The van der Waals surface area contributed by atoms with Crippen molar-refractivity contribution in [3.05, 3.63) is 89.1 Å². The molecule has 1 aliphatic heterocycles. The highest BCUT2D eigenvalue weighted by Crippen LogP contribution is 2.35. The van der Waals surface area contributed by atoms with Crippen molar-refractivity contribution in [3.63, 3.8) is 0 Å². The maximum absolute atomic E-state index is 14.6. The molecule has 1 atom stereocenters. The second-order valence-corrected chi connectivity index (χ2v) is 6.28. The second kappa shape index (κ2) is 7.03. The van der Waals surface area contributed by atoms with Crippen molar-refractivity contribution in [3.8, 4) is 0 Å². The number of fused-ring (bicyclic) bond motifs is 1. The molecule has 4 rings (SSSR count). The van der Waals surface area contributed by atoms with Crippen LogP contribution in [-0.4, -0.2) is 20.7 Å². The average Bonchev–Trinajstić information content (AvgIpc) is 3.14. The van der Waals surface area contributed by atoms with Crippen LogP contribution in [0.15, 0.2) is 72.2 Å². The lowest BCUT2D eigenvalue weighted by Gasteiger charge is -2.29. The molecule has 2 heterocycles. The number of benzene rings is 2. The number of hydrogen-bond donors (Lipinski definition) is 2. The van der Waals surface area contributed by atoms with Gasteiger partial charge in [0.15, 0.2) is 0 Å². The summed E-state index contributed by atoms with van der Waals surface area (Å²) in [4.78, 5) is 17.2.